The van der Waals surface area contributed by atoms with Crippen LogP contribution in [0.3, 0.4) is 0 Å². The van der Waals surface area contributed by atoms with Crippen molar-refractivity contribution in [2.75, 3.05) is 6.79 Å². The molecule has 0 spiro atoms. The summed E-state index contributed by atoms with van der Waals surface area (Å²) >= 11 is 7.04. The Morgan fingerprint density at radius 1 is 1.17 bits per heavy atom. The SMILES string of the molecule is C[C@@H](Br)[C@@H](OC(=O)c1ccccc1)c1cc2c(cc1Br)OCO2. The number of benzene rings is 2. The smallest absolute Gasteiger partial charge is 0.338 e. The number of rotatable bonds is 4. The largest absolute Gasteiger partial charge is 0.454 e. The van der Waals surface area contributed by atoms with Crippen molar-refractivity contribution in [2.45, 2.75) is 17.9 Å². The van der Waals surface area contributed by atoms with Crippen molar-refractivity contribution in [2.24, 2.45) is 0 Å². The van der Waals surface area contributed by atoms with Crippen LogP contribution in [-0.2, 0) is 4.74 Å². The van der Waals surface area contributed by atoms with E-state index in [1.807, 2.05) is 25.1 Å². The Kier molecular flexibility index (Phi) is 4.92. The molecule has 3 rings (SSSR count). The maximum atomic E-state index is 12.4. The highest BCUT2D eigenvalue weighted by Gasteiger charge is 2.27. The highest BCUT2D eigenvalue weighted by atomic mass is 79.9. The number of hydrogen-bond donors (Lipinski definition) is 0. The van der Waals surface area contributed by atoms with Gasteiger partial charge >= 0.3 is 5.97 Å². The Balaban J connectivity index is 1.89. The maximum Gasteiger partial charge on any atom is 0.338 e. The van der Waals surface area contributed by atoms with Gasteiger partial charge in [-0.15, -0.1) is 0 Å². The standard InChI is InChI=1S/C17H14Br2O4/c1-10(18)16(23-17(20)11-5-3-2-4-6-11)12-7-14-15(8-13(12)19)22-9-21-14/h2-8,10,16H,9H2,1H3/t10-,16-/m1/s1. The topological polar surface area (TPSA) is 44.8 Å². The molecule has 0 aliphatic carbocycles. The number of halogens is 2. The molecule has 1 aliphatic rings. The number of fused-ring (bicyclic) bond motifs is 1. The van der Waals surface area contributed by atoms with Gasteiger partial charge in [0.15, 0.2) is 11.5 Å². The van der Waals surface area contributed by atoms with Crippen molar-refractivity contribution < 1.29 is 19.0 Å². The maximum absolute atomic E-state index is 12.4. The van der Waals surface area contributed by atoms with E-state index in [0.29, 0.717) is 17.1 Å². The Hall–Kier alpha value is -1.53. The van der Waals surface area contributed by atoms with Crippen LogP contribution >= 0.6 is 31.9 Å². The fourth-order valence-electron chi connectivity index (χ4n) is 2.31. The molecule has 4 nitrogen and oxygen atoms in total. The molecule has 1 heterocycles. The summed E-state index contributed by atoms with van der Waals surface area (Å²) in [4.78, 5) is 12.3. The van der Waals surface area contributed by atoms with E-state index >= 15 is 0 Å². The van der Waals surface area contributed by atoms with Gasteiger partial charge < -0.3 is 14.2 Å². The number of hydrogen-bond acceptors (Lipinski definition) is 4. The number of carbonyl (C=O) groups is 1. The molecule has 23 heavy (non-hydrogen) atoms. The van der Waals surface area contributed by atoms with E-state index in [0.717, 1.165) is 10.0 Å². The van der Waals surface area contributed by atoms with Gasteiger partial charge in [0.05, 0.1) is 10.4 Å². The van der Waals surface area contributed by atoms with E-state index in [1.54, 1.807) is 24.3 Å². The molecule has 2 aromatic rings. The number of ether oxygens (including phenoxy) is 3. The van der Waals surface area contributed by atoms with Gasteiger partial charge in [0.25, 0.3) is 0 Å². The first kappa shape index (κ1) is 16.3. The molecule has 0 aromatic heterocycles. The third-order valence-electron chi connectivity index (χ3n) is 3.46. The van der Waals surface area contributed by atoms with Gasteiger partial charge in [-0.3, -0.25) is 0 Å². The summed E-state index contributed by atoms with van der Waals surface area (Å²) in [5.74, 6) is 0.958. The van der Waals surface area contributed by atoms with Crippen LogP contribution < -0.4 is 9.47 Å². The molecule has 0 fully saturated rings. The van der Waals surface area contributed by atoms with Crippen LogP contribution in [0.1, 0.15) is 28.9 Å². The molecule has 0 N–H and O–H groups in total. The monoisotopic (exact) mass is 440 g/mol. The highest BCUT2D eigenvalue weighted by molar-refractivity contribution is 9.10. The second kappa shape index (κ2) is 6.93. The van der Waals surface area contributed by atoms with Gasteiger partial charge in [-0.05, 0) is 31.2 Å². The van der Waals surface area contributed by atoms with Crippen molar-refractivity contribution in [3.05, 3.63) is 58.1 Å². The predicted octanol–water partition coefficient (Wildman–Crippen LogP) is 4.86. The minimum Gasteiger partial charge on any atom is -0.454 e. The number of alkyl halides is 1. The van der Waals surface area contributed by atoms with Crippen molar-refractivity contribution in [1.29, 1.82) is 0 Å². The lowest BCUT2D eigenvalue weighted by molar-refractivity contribution is 0.0302. The van der Waals surface area contributed by atoms with Crippen molar-refractivity contribution in [3.63, 3.8) is 0 Å². The van der Waals surface area contributed by atoms with Crippen molar-refractivity contribution >= 4 is 37.8 Å². The normalized spacial score (nSPS) is 15.1. The third kappa shape index (κ3) is 3.53. The fraction of sp³-hybridized carbons (Fsp3) is 0.235. The molecule has 0 saturated heterocycles. The summed E-state index contributed by atoms with van der Waals surface area (Å²) in [6.07, 6.45) is -0.466. The molecule has 0 unspecified atom stereocenters. The predicted molar refractivity (Wildman–Crippen MR) is 93.3 cm³/mol. The van der Waals surface area contributed by atoms with Gasteiger partial charge in [0.1, 0.15) is 6.10 Å². The van der Waals surface area contributed by atoms with Crippen LogP contribution in [0.15, 0.2) is 46.9 Å². The molecule has 0 amide bonds. The van der Waals surface area contributed by atoms with Crippen LogP contribution in [0, 0.1) is 0 Å². The lowest BCUT2D eigenvalue weighted by atomic mass is 10.1. The molecule has 0 bridgehead atoms. The van der Waals surface area contributed by atoms with E-state index in [-0.39, 0.29) is 17.6 Å². The zero-order valence-electron chi connectivity index (χ0n) is 12.3. The third-order valence-corrected chi connectivity index (χ3v) is 4.63. The van der Waals surface area contributed by atoms with E-state index in [9.17, 15) is 4.79 Å². The van der Waals surface area contributed by atoms with Crippen molar-refractivity contribution in [3.8, 4) is 11.5 Å². The van der Waals surface area contributed by atoms with Gasteiger partial charge in [0.2, 0.25) is 6.79 Å². The second-order valence-electron chi connectivity index (χ2n) is 5.10. The molecule has 2 atom stereocenters. The molecule has 1 aliphatic heterocycles. The summed E-state index contributed by atoms with van der Waals surface area (Å²) in [6.45, 7) is 2.13. The summed E-state index contributed by atoms with van der Waals surface area (Å²) in [7, 11) is 0. The van der Waals surface area contributed by atoms with Crippen LogP contribution in [0.25, 0.3) is 0 Å². The van der Waals surface area contributed by atoms with Gasteiger partial charge in [-0.2, -0.15) is 0 Å². The zero-order valence-corrected chi connectivity index (χ0v) is 15.5. The van der Waals surface area contributed by atoms with Crippen LogP contribution in [0.5, 0.6) is 11.5 Å². The first-order valence-corrected chi connectivity index (χ1v) is 8.76. The molecule has 0 radical (unpaired) electrons. The Labute approximate surface area is 151 Å². The van der Waals surface area contributed by atoms with Crippen LogP contribution in [0.4, 0.5) is 0 Å². The lowest BCUT2D eigenvalue weighted by Gasteiger charge is -2.22. The summed E-state index contributed by atoms with van der Waals surface area (Å²) in [5, 5.41) is 0. The van der Waals surface area contributed by atoms with Gasteiger partial charge in [-0.1, -0.05) is 50.1 Å². The van der Waals surface area contributed by atoms with E-state index < -0.39 is 6.10 Å². The summed E-state index contributed by atoms with van der Waals surface area (Å²) < 4.78 is 17.3. The van der Waals surface area contributed by atoms with Gasteiger partial charge in [-0.25, -0.2) is 4.79 Å². The number of esters is 1. The molecule has 0 saturated carbocycles. The number of carbonyl (C=O) groups excluding carboxylic acids is 1. The molecule has 120 valence electrons. The minimum absolute atomic E-state index is 0.0770. The molecular weight excluding hydrogens is 428 g/mol. The Morgan fingerprint density at radius 2 is 1.83 bits per heavy atom. The Bertz CT molecular complexity index is 716. The molecular formula is C17H14Br2O4. The first-order chi connectivity index (χ1) is 11.1. The lowest BCUT2D eigenvalue weighted by Crippen LogP contribution is -2.18. The quantitative estimate of drug-likeness (QED) is 0.502. The summed E-state index contributed by atoms with van der Waals surface area (Å²) in [6, 6.07) is 12.6. The first-order valence-electron chi connectivity index (χ1n) is 7.05. The summed E-state index contributed by atoms with van der Waals surface area (Å²) in [5.41, 5.74) is 1.34. The van der Waals surface area contributed by atoms with Crippen LogP contribution in [0.2, 0.25) is 0 Å². The average Bonchev–Trinajstić information content (AvgIpc) is 2.99. The highest BCUT2D eigenvalue weighted by Crippen LogP contribution is 2.41. The molecule has 6 heteroatoms. The Morgan fingerprint density at radius 3 is 2.48 bits per heavy atom. The average molecular weight is 442 g/mol. The van der Waals surface area contributed by atoms with Crippen LogP contribution in [-0.4, -0.2) is 17.6 Å². The fourth-order valence-corrected chi connectivity index (χ4v) is 3.25. The van der Waals surface area contributed by atoms with E-state index in [1.165, 1.54) is 0 Å². The van der Waals surface area contributed by atoms with E-state index in [2.05, 4.69) is 31.9 Å². The van der Waals surface area contributed by atoms with Gasteiger partial charge in [0, 0.05) is 10.0 Å². The minimum atomic E-state index is -0.466. The van der Waals surface area contributed by atoms with E-state index in [4.69, 9.17) is 14.2 Å². The van der Waals surface area contributed by atoms with Crippen molar-refractivity contribution in [1.82, 2.24) is 0 Å². The molecule has 2 aromatic carbocycles. The second-order valence-corrected chi connectivity index (χ2v) is 7.40. The zero-order chi connectivity index (χ0) is 16.4.